The van der Waals surface area contributed by atoms with Gasteiger partial charge < -0.3 is 10.2 Å². The summed E-state index contributed by atoms with van der Waals surface area (Å²) in [5, 5.41) is 3.07. The van der Waals surface area contributed by atoms with E-state index in [-0.39, 0.29) is 25.3 Å². The molecular formula is C23H28Cl2FN3O3S2. The predicted octanol–water partition coefficient (Wildman–Crippen LogP) is 4.99. The van der Waals surface area contributed by atoms with Crippen molar-refractivity contribution < 1.29 is 17.6 Å². The van der Waals surface area contributed by atoms with Gasteiger partial charge in [0.1, 0.15) is 20.4 Å². The minimum atomic E-state index is -3.95. The Balaban J connectivity index is 1.40. The number of carbonyl (C=O) groups is 1. The normalized spacial score (nSPS) is 17.6. The van der Waals surface area contributed by atoms with E-state index in [1.807, 2.05) is 0 Å². The second kappa shape index (κ2) is 11.1. The van der Waals surface area contributed by atoms with Crippen molar-refractivity contribution in [3.05, 3.63) is 45.0 Å². The number of anilines is 1. The van der Waals surface area contributed by atoms with Gasteiger partial charge in [0.25, 0.3) is 10.0 Å². The van der Waals surface area contributed by atoms with Crippen LogP contribution in [0.4, 0.5) is 10.1 Å². The summed E-state index contributed by atoms with van der Waals surface area (Å²) in [6.07, 6.45) is 6.55. The molecule has 0 saturated heterocycles. The first-order valence-corrected chi connectivity index (χ1v) is 14.6. The molecule has 2 N–H and O–H groups in total. The van der Waals surface area contributed by atoms with Crippen molar-refractivity contribution in [2.75, 3.05) is 24.5 Å². The van der Waals surface area contributed by atoms with Crippen LogP contribution in [0, 0.1) is 11.7 Å². The average molecular weight is 549 g/mol. The van der Waals surface area contributed by atoms with Crippen molar-refractivity contribution in [3.8, 4) is 0 Å². The molecule has 0 bridgehead atoms. The maximum atomic E-state index is 13.5. The van der Waals surface area contributed by atoms with Gasteiger partial charge in [-0.15, -0.1) is 11.3 Å². The van der Waals surface area contributed by atoms with Crippen molar-refractivity contribution in [2.45, 2.75) is 55.2 Å². The third-order valence-electron chi connectivity index (χ3n) is 6.51. The van der Waals surface area contributed by atoms with E-state index in [1.165, 1.54) is 18.6 Å². The van der Waals surface area contributed by atoms with Gasteiger partial charge in [-0.05, 0) is 48.6 Å². The molecule has 1 atom stereocenters. The Morgan fingerprint density at radius 3 is 2.68 bits per heavy atom. The number of amides is 1. The molecule has 1 aromatic heterocycles. The van der Waals surface area contributed by atoms with E-state index >= 15 is 0 Å². The third kappa shape index (κ3) is 6.23. The molecule has 4 rings (SSSR count). The summed E-state index contributed by atoms with van der Waals surface area (Å²) < 4.78 is 42.2. The fraction of sp³-hybridized carbons (Fsp3) is 0.522. The number of rotatable bonds is 9. The number of hydrogen-bond donors (Lipinski definition) is 2. The Bertz CT molecular complexity index is 1120. The Hall–Kier alpha value is -1.39. The van der Waals surface area contributed by atoms with E-state index in [0.717, 1.165) is 61.2 Å². The Labute approximate surface area is 213 Å². The molecule has 186 valence electrons. The van der Waals surface area contributed by atoms with Crippen LogP contribution in [-0.2, 0) is 21.2 Å². The van der Waals surface area contributed by atoms with Gasteiger partial charge in [-0.3, -0.25) is 4.79 Å². The summed E-state index contributed by atoms with van der Waals surface area (Å²) in [5.74, 6) is -0.301. The zero-order valence-electron chi connectivity index (χ0n) is 18.7. The van der Waals surface area contributed by atoms with Gasteiger partial charge >= 0.3 is 0 Å². The largest absolute Gasteiger partial charge is 0.369 e. The van der Waals surface area contributed by atoms with Gasteiger partial charge in [-0.1, -0.05) is 55.3 Å². The van der Waals surface area contributed by atoms with E-state index in [2.05, 4.69) is 14.9 Å². The summed E-state index contributed by atoms with van der Waals surface area (Å²) in [7, 11) is -3.95. The number of sulfonamides is 1. The van der Waals surface area contributed by atoms with E-state index in [4.69, 9.17) is 23.2 Å². The molecule has 1 unspecified atom stereocenters. The molecule has 6 nitrogen and oxygen atoms in total. The van der Waals surface area contributed by atoms with Crippen molar-refractivity contribution in [3.63, 3.8) is 0 Å². The molecule has 1 saturated carbocycles. The molecule has 1 fully saturated rings. The van der Waals surface area contributed by atoms with Crippen LogP contribution in [0.3, 0.4) is 0 Å². The quantitative estimate of drug-likeness (QED) is 0.463. The Kier molecular flexibility index (Phi) is 8.40. The van der Waals surface area contributed by atoms with E-state index in [9.17, 15) is 17.6 Å². The zero-order valence-corrected chi connectivity index (χ0v) is 21.8. The standard InChI is InChI=1S/C23H28Cl2FN3O3S2/c24-18-14-21(33-22(18)25)34(31,32)28-19(12-15-4-2-1-3-5-15)23(30)27-9-11-29-10-8-16-13-17(26)6-7-20(16)29/h6-7,13-15,19,28H,1-5,8-12H2,(H,27,30). The van der Waals surface area contributed by atoms with Crippen LogP contribution in [0.5, 0.6) is 0 Å². The Morgan fingerprint density at radius 1 is 1.21 bits per heavy atom. The highest BCUT2D eigenvalue weighted by Crippen LogP contribution is 2.35. The Morgan fingerprint density at radius 2 is 1.97 bits per heavy atom. The second-order valence-electron chi connectivity index (χ2n) is 8.90. The van der Waals surface area contributed by atoms with Crippen LogP contribution in [0.15, 0.2) is 28.5 Å². The maximum Gasteiger partial charge on any atom is 0.250 e. The summed E-state index contributed by atoms with van der Waals surface area (Å²) in [6, 6.07) is 5.17. The first-order valence-electron chi connectivity index (χ1n) is 11.5. The fourth-order valence-electron chi connectivity index (χ4n) is 4.78. The molecule has 11 heteroatoms. The minimum Gasteiger partial charge on any atom is -0.369 e. The molecule has 1 amide bonds. The lowest BCUT2D eigenvalue weighted by Crippen LogP contribution is -2.49. The third-order valence-corrected chi connectivity index (χ3v) is 10.3. The first kappa shape index (κ1) is 25.7. The molecule has 1 aliphatic carbocycles. The molecule has 2 aromatic rings. The molecule has 0 spiro atoms. The van der Waals surface area contributed by atoms with Gasteiger partial charge in [-0.25, -0.2) is 12.8 Å². The van der Waals surface area contributed by atoms with Crippen LogP contribution in [0.25, 0.3) is 0 Å². The van der Waals surface area contributed by atoms with Gasteiger partial charge in [0.2, 0.25) is 5.91 Å². The smallest absolute Gasteiger partial charge is 0.250 e. The number of nitrogens with one attached hydrogen (secondary N) is 2. The van der Waals surface area contributed by atoms with Gasteiger partial charge in [0.05, 0.1) is 5.02 Å². The molecule has 1 aromatic carbocycles. The number of halogens is 3. The summed E-state index contributed by atoms with van der Waals surface area (Å²) >= 11 is 12.8. The second-order valence-corrected chi connectivity index (χ2v) is 12.9. The highest BCUT2D eigenvalue weighted by atomic mass is 35.5. The topological polar surface area (TPSA) is 78.5 Å². The van der Waals surface area contributed by atoms with E-state index in [1.54, 1.807) is 12.1 Å². The summed E-state index contributed by atoms with van der Waals surface area (Å²) in [4.78, 5) is 15.2. The molecule has 1 aliphatic heterocycles. The molecule has 2 aliphatic rings. The SMILES string of the molecule is O=C(NCCN1CCc2cc(F)ccc21)C(CC1CCCCC1)NS(=O)(=O)c1cc(Cl)c(Cl)s1. The molecule has 0 radical (unpaired) electrons. The van der Waals surface area contributed by atoms with Crippen LogP contribution in [-0.4, -0.2) is 40.0 Å². The number of carbonyl (C=O) groups excluding carboxylic acids is 1. The predicted molar refractivity (Wildman–Crippen MR) is 135 cm³/mol. The van der Waals surface area contributed by atoms with Crippen molar-refractivity contribution >= 4 is 56.2 Å². The van der Waals surface area contributed by atoms with E-state index in [0.29, 0.717) is 25.4 Å². The number of benzene rings is 1. The highest BCUT2D eigenvalue weighted by molar-refractivity contribution is 7.91. The van der Waals surface area contributed by atoms with Gasteiger partial charge in [0.15, 0.2) is 0 Å². The van der Waals surface area contributed by atoms with Crippen LogP contribution in [0.1, 0.15) is 44.1 Å². The number of fused-ring (bicyclic) bond motifs is 1. The molecular weight excluding hydrogens is 520 g/mol. The lowest BCUT2D eigenvalue weighted by Gasteiger charge is -2.27. The molecule has 34 heavy (non-hydrogen) atoms. The van der Waals surface area contributed by atoms with Gasteiger partial charge in [0, 0.05) is 25.3 Å². The van der Waals surface area contributed by atoms with Crippen molar-refractivity contribution in [2.24, 2.45) is 5.92 Å². The van der Waals surface area contributed by atoms with Crippen LogP contribution in [0.2, 0.25) is 9.36 Å². The first-order chi connectivity index (χ1) is 16.2. The highest BCUT2D eigenvalue weighted by Gasteiger charge is 2.30. The van der Waals surface area contributed by atoms with Crippen LogP contribution < -0.4 is 14.9 Å². The van der Waals surface area contributed by atoms with Gasteiger partial charge in [-0.2, -0.15) is 4.72 Å². The number of thiophene rings is 1. The average Bonchev–Trinajstić information content (AvgIpc) is 3.36. The summed E-state index contributed by atoms with van der Waals surface area (Å²) in [5.41, 5.74) is 1.93. The zero-order chi connectivity index (χ0) is 24.3. The fourth-order valence-corrected chi connectivity index (χ4v) is 7.88. The number of hydrogen-bond acceptors (Lipinski definition) is 5. The van der Waals surface area contributed by atoms with Crippen molar-refractivity contribution in [1.29, 1.82) is 0 Å². The minimum absolute atomic E-state index is 0.00940. The molecule has 2 heterocycles. The number of nitrogens with zero attached hydrogens (tertiary/aromatic N) is 1. The monoisotopic (exact) mass is 547 g/mol. The maximum absolute atomic E-state index is 13.5. The van der Waals surface area contributed by atoms with Crippen LogP contribution >= 0.6 is 34.5 Å². The lowest BCUT2D eigenvalue weighted by molar-refractivity contribution is -0.123. The van der Waals surface area contributed by atoms with E-state index < -0.39 is 16.1 Å². The lowest BCUT2D eigenvalue weighted by atomic mass is 9.85. The summed E-state index contributed by atoms with van der Waals surface area (Å²) in [6.45, 7) is 1.67. The van der Waals surface area contributed by atoms with Crippen molar-refractivity contribution in [1.82, 2.24) is 10.0 Å².